The number of ether oxygens (including phenoxy) is 1. The molecule has 1 aromatic rings. The molecule has 0 aliphatic carbocycles. The lowest BCUT2D eigenvalue weighted by Crippen LogP contribution is -2.59. The Morgan fingerprint density at radius 2 is 2.12 bits per heavy atom. The smallest absolute Gasteiger partial charge is 0.254 e. The number of thiophene rings is 1. The monoisotopic (exact) mass is 370 g/mol. The quantitative estimate of drug-likeness (QED) is 0.870. The number of hydrogen-bond acceptors (Lipinski definition) is 4. The Hall–Kier alpha value is -1.11. The summed E-state index contributed by atoms with van der Waals surface area (Å²) in [5.74, 6) is -0.124. The summed E-state index contributed by atoms with van der Waals surface area (Å²) in [5.41, 5.74) is -1.51. The zero-order chi connectivity index (χ0) is 17.8. The summed E-state index contributed by atoms with van der Waals surface area (Å²) in [6, 6.07) is 0. The van der Waals surface area contributed by atoms with E-state index in [1.54, 1.807) is 18.7 Å². The molecule has 1 unspecified atom stereocenters. The number of carbonyl (C=O) groups is 2. The van der Waals surface area contributed by atoms with Gasteiger partial charge in [0.05, 0.1) is 17.0 Å². The second-order valence-electron chi connectivity index (χ2n) is 7.65. The van der Waals surface area contributed by atoms with E-state index in [1.165, 1.54) is 11.3 Å². The molecule has 24 heavy (non-hydrogen) atoms. The minimum absolute atomic E-state index is 0.00410. The van der Waals surface area contributed by atoms with Crippen LogP contribution < -0.4 is 5.32 Å². The van der Waals surface area contributed by atoms with Crippen molar-refractivity contribution in [1.82, 2.24) is 10.2 Å². The molecule has 0 saturated carbocycles. The van der Waals surface area contributed by atoms with Crippen LogP contribution >= 0.6 is 22.9 Å². The normalized spacial score (nSPS) is 26.7. The van der Waals surface area contributed by atoms with Gasteiger partial charge in [-0.1, -0.05) is 11.6 Å². The van der Waals surface area contributed by atoms with Gasteiger partial charge in [-0.3, -0.25) is 9.59 Å². The van der Waals surface area contributed by atoms with Gasteiger partial charge in [0.25, 0.3) is 5.91 Å². The molecule has 3 heterocycles. The maximum Gasteiger partial charge on any atom is 0.254 e. The molecule has 2 aliphatic heterocycles. The van der Waals surface area contributed by atoms with Crippen LogP contribution in [0.25, 0.3) is 0 Å². The largest absolute Gasteiger partial charge is 0.338 e. The van der Waals surface area contributed by atoms with Crippen molar-refractivity contribution >= 4 is 34.8 Å². The fourth-order valence-electron chi connectivity index (χ4n) is 3.54. The van der Waals surface area contributed by atoms with E-state index in [0.29, 0.717) is 24.5 Å². The van der Waals surface area contributed by atoms with Crippen LogP contribution in [0.3, 0.4) is 0 Å². The molecule has 2 saturated heterocycles. The second kappa shape index (κ2) is 5.71. The van der Waals surface area contributed by atoms with E-state index in [0.717, 1.165) is 12.0 Å². The molecule has 1 N–H and O–H groups in total. The highest BCUT2D eigenvalue weighted by Crippen LogP contribution is 2.38. The molecule has 2 fully saturated rings. The van der Waals surface area contributed by atoms with Crippen molar-refractivity contribution in [3.05, 3.63) is 21.3 Å². The molecule has 1 aromatic heterocycles. The molecule has 2 aliphatic rings. The number of amides is 2. The third kappa shape index (κ3) is 2.85. The predicted molar refractivity (Wildman–Crippen MR) is 94.2 cm³/mol. The third-order valence-electron chi connectivity index (χ3n) is 4.90. The summed E-state index contributed by atoms with van der Waals surface area (Å²) >= 11 is 7.73. The molecule has 2 amide bonds. The minimum atomic E-state index is -0.863. The van der Waals surface area contributed by atoms with Crippen molar-refractivity contribution in [3.8, 4) is 0 Å². The topological polar surface area (TPSA) is 58.6 Å². The lowest BCUT2D eigenvalue weighted by atomic mass is 9.84. The van der Waals surface area contributed by atoms with E-state index < -0.39 is 16.7 Å². The van der Waals surface area contributed by atoms with Crippen LogP contribution in [0.15, 0.2) is 10.8 Å². The number of halogens is 1. The van der Waals surface area contributed by atoms with Gasteiger partial charge in [-0.2, -0.15) is 11.3 Å². The van der Waals surface area contributed by atoms with Gasteiger partial charge in [-0.15, -0.1) is 0 Å². The number of piperidine rings is 1. The summed E-state index contributed by atoms with van der Waals surface area (Å²) in [4.78, 5) is 27.1. The second-order valence-corrected chi connectivity index (χ2v) is 8.80. The minimum Gasteiger partial charge on any atom is -0.338 e. The van der Waals surface area contributed by atoms with Gasteiger partial charge in [-0.05, 0) is 51.5 Å². The van der Waals surface area contributed by atoms with Gasteiger partial charge < -0.3 is 15.0 Å². The van der Waals surface area contributed by atoms with Crippen LogP contribution in [0, 0.1) is 0 Å². The molecule has 0 aromatic carbocycles. The van der Waals surface area contributed by atoms with Crippen LogP contribution in [0.1, 0.15) is 46.1 Å². The Labute approximate surface area is 151 Å². The average molecular weight is 371 g/mol. The maximum atomic E-state index is 13.2. The van der Waals surface area contributed by atoms with Crippen LogP contribution in [-0.2, 0) is 19.7 Å². The van der Waals surface area contributed by atoms with Crippen LogP contribution in [0.4, 0.5) is 0 Å². The van der Waals surface area contributed by atoms with E-state index in [1.807, 2.05) is 24.6 Å². The maximum absolute atomic E-state index is 13.2. The summed E-state index contributed by atoms with van der Waals surface area (Å²) in [6.45, 7) is 8.32. The van der Waals surface area contributed by atoms with Crippen LogP contribution in [0.2, 0.25) is 5.02 Å². The van der Waals surface area contributed by atoms with Gasteiger partial charge in [0, 0.05) is 11.9 Å². The zero-order valence-corrected chi connectivity index (χ0v) is 16.0. The first-order valence-electron chi connectivity index (χ1n) is 8.12. The number of carbonyl (C=O) groups excluding carboxylic acids is 2. The first kappa shape index (κ1) is 17.7. The van der Waals surface area contributed by atoms with Gasteiger partial charge in [0.1, 0.15) is 5.60 Å². The Morgan fingerprint density at radius 3 is 2.67 bits per heavy atom. The lowest BCUT2D eigenvalue weighted by Gasteiger charge is -2.42. The highest BCUT2D eigenvalue weighted by atomic mass is 35.5. The number of nitrogens with one attached hydrogen (secondary N) is 1. The summed E-state index contributed by atoms with van der Waals surface area (Å²) in [5, 5.41) is 7.35. The summed E-state index contributed by atoms with van der Waals surface area (Å²) < 4.78 is 6.02. The number of likely N-dealkylation sites (tertiary alicyclic amines) is 1. The van der Waals surface area contributed by atoms with Gasteiger partial charge >= 0.3 is 0 Å². The molecule has 7 heteroatoms. The summed E-state index contributed by atoms with van der Waals surface area (Å²) in [7, 11) is 0. The Bertz CT molecular complexity index is 685. The Morgan fingerprint density at radius 1 is 1.42 bits per heavy atom. The van der Waals surface area contributed by atoms with Gasteiger partial charge in [0.2, 0.25) is 5.91 Å². The van der Waals surface area contributed by atoms with E-state index in [9.17, 15) is 9.59 Å². The predicted octanol–water partition coefficient (Wildman–Crippen LogP) is 2.92. The number of nitrogens with zero attached hydrogens (tertiary/aromatic N) is 1. The standard InChI is InChI=1S/C17H23ClN2O3S/c1-15(2,11-8-24-9-12(11)18)14(22)20-7-5-6-17(10-20)19-13(21)16(3,4)23-17/h8-9H,5-7,10H2,1-4H3,(H,19,21). The first-order chi connectivity index (χ1) is 11.1. The molecule has 5 nitrogen and oxygen atoms in total. The SMILES string of the molecule is CC1(C)OC2(CCCN(C(=O)C(C)(C)c3cscc3Cl)C2)NC1=O. The van der Waals surface area contributed by atoms with Crippen molar-refractivity contribution in [2.24, 2.45) is 0 Å². The van der Waals surface area contributed by atoms with Crippen molar-refractivity contribution in [2.45, 2.75) is 57.3 Å². The number of rotatable bonds is 2. The molecule has 0 bridgehead atoms. The zero-order valence-electron chi connectivity index (χ0n) is 14.4. The Balaban J connectivity index is 1.82. The van der Waals surface area contributed by atoms with Gasteiger partial charge in [0.15, 0.2) is 5.72 Å². The van der Waals surface area contributed by atoms with E-state index in [-0.39, 0.29) is 11.8 Å². The molecule has 1 spiro atoms. The van der Waals surface area contributed by atoms with E-state index in [4.69, 9.17) is 16.3 Å². The molecule has 0 radical (unpaired) electrons. The van der Waals surface area contributed by atoms with Gasteiger partial charge in [-0.25, -0.2) is 0 Å². The van der Waals surface area contributed by atoms with Crippen LogP contribution in [-0.4, -0.2) is 41.1 Å². The molecular weight excluding hydrogens is 348 g/mol. The fourth-order valence-corrected chi connectivity index (χ4v) is 4.92. The molecule has 3 rings (SSSR count). The third-order valence-corrected chi connectivity index (χ3v) is 6.09. The molecule has 132 valence electrons. The van der Waals surface area contributed by atoms with E-state index >= 15 is 0 Å². The first-order valence-corrected chi connectivity index (χ1v) is 9.44. The van der Waals surface area contributed by atoms with E-state index in [2.05, 4.69) is 5.32 Å². The number of hydrogen-bond donors (Lipinski definition) is 1. The van der Waals surface area contributed by atoms with Crippen molar-refractivity contribution in [2.75, 3.05) is 13.1 Å². The van der Waals surface area contributed by atoms with Crippen molar-refractivity contribution < 1.29 is 14.3 Å². The van der Waals surface area contributed by atoms with Crippen LogP contribution in [0.5, 0.6) is 0 Å². The highest BCUT2D eigenvalue weighted by molar-refractivity contribution is 7.08. The summed E-state index contributed by atoms with van der Waals surface area (Å²) in [6.07, 6.45) is 1.50. The average Bonchev–Trinajstić information content (AvgIpc) is 3.00. The Kier molecular flexibility index (Phi) is 4.21. The molecular formula is C17H23ClN2O3S. The van der Waals surface area contributed by atoms with Crippen molar-refractivity contribution in [1.29, 1.82) is 0 Å². The van der Waals surface area contributed by atoms with Crippen molar-refractivity contribution in [3.63, 3.8) is 0 Å². The fraction of sp³-hybridized carbons (Fsp3) is 0.647. The molecule has 1 atom stereocenters. The highest BCUT2D eigenvalue weighted by Gasteiger charge is 2.53. The lowest BCUT2D eigenvalue weighted by molar-refractivity contribution is -0.156.